The van der Waals surface area contributed by atoms with Gasteiger partial charge in [-0.1, -0.05) is 91.0 Å². The molecule has 0 saturated carbocycles. The fourth-order valence-electron chi connectivity index (χ4n) is 5.85. The van der Waals surface area contributed by atoms with Gasteiger partial charge in [-0.15, -0.1) is 0 Å². The van der Waals surface area contributed by atoms with Gasteiger partial charge in [-0.25, -0.2) is 15.0 Å². The zero-order valence-corrected chi connectivity index (χ0v) is 24.0. The van der Waals surface area contributed by atoms with Gasteiger partial charge in [0.15, 0.2) is 17.5 Å². The fourth-order valence-corrected chi connectivity index (χ4v) is 5.85. The lowest BCUT2D eigenvalue weighted by atomic mass is 10.0. The Morgan fingerprint density at radius 1 is 0.511 bits per heavy atom. The maximum atomic E-state index is 9.70. The van der Waals surface area contributed by atoms with Crippen molar-refractivity contribution in [3.8, 4) is 57.0 Å². The van der Waals surface area contributed by atoms with Gasteiger partial charge in [-0.05, 0) is 48.0 Å². The quantitative estimate of drug-likeness (QED) is 0.204. The molecule has 0 aliphatic heterocycles. The lowest BCUT2D eigenvalue weighted by Gasteiger charge is -2.16. The van der Waals surface area contributed by atoms with Crippen molar-refractivity contribution in [2.24, 2.45) is 0 Å². The molecule has 0 aliphatic rings. The second kappa shape index (κ2) is 11.0. The summed E-state index contributed by atoms with van der Waals surface area (Å²) in [6.07, 6.45) is 3.65. The van der Waals surface area contributed by atoms with Gasteiger partial charge in [-0.3, -0.25) is 4.98 Å². The summed E-state index contributed by atoms with van der Waals surface area (Å²) in [6, 6.07) is 46.8. The molecule has 0 N–H and O–H groups in total. The number of nitrogens with zero attached hydrogens (tertiary/aromatic N) is 6. The van der Waals surface area contributed by atoms with E-state index in [1.54, 1.807) is 6.20 Å². The summed E-state index contributed by atoms with van der Waals surface area (Å²) in [5.41, 5.74) is 8.23. The number of fused-ring (bicyclic) bond motifs is 3. The van der Waals surface area contributed by atoms with E-state index in [9.17, 15) is 5.26 Å². The van der Waals surface area contributed by atoms with E-state index >= 15 is 0 Å². The molecular weight excluding hydrogens is 552 g/mol. The number of aromatic nitrogens is 5. The van der Waals surface area contributed by atoms with E-state index < -0.39 is 0 Å². The van der Waals surface area contributed by atoms with Crippen molar-refractivity contribution in [3.63, 3.8) is 0 Å². The van der Waals surface area contributed by atoms with Crippen LogP contribution in [0, 0.1) is 11.3 Å². The molecular formula is C39H24N6. The highest BCUT2D eigenvalue weighted by Gasteiger charge is 2.20. The molecule has 0 atom stereocenters. The smallest absolute Gasteiger partial charge is 0.166 e. The maximum Gasteiger partial charge on any atom is 0.166 e. The number of pyridine rings is 1. The molecule has 0 amide bonds. The molecule has 0 bridgehead atoms. The van der Waals surface area contributed by atoms with E-state index in [2.05, 4.69) is 52.0 Å². The molecule has 0 spiro atoms. The summed E-state index contributed by atoms with van der Waals surface area (Å²) < 4.78 is 2.25. The van der Waals surface area contributed by atoms with Gasteiger partial charge in [0.05, 0.1) is 28.4 Å². The molecule has 8 rings (SSSR count). The first-order valence-electron chi connectivity index (χ1n) is 14.6. The number of nitriles is 1. The zero-order chi connectivity index (χ0) is 30.2. The Balaban J connectivity index is 1.46. The van der Waals surface area contributed by atoms with Gasteiger partial charge in [0.1, 0.15) is 0 Å². The van der Waals surface area contributed by atoms with Crippen molar-refractivity contribution in [1.82, 2.24) is 24.5 Å². The Labute approximate surface area is 259 Å². The second-order valence-electron chi connectivity index (χ2n) is 10.7. The molecule has 3 aromatic heterocycles. The number of para-hydroxylation sites is 1. The highest BCUT2D eigenvalue weighted by atomic mass is 15.1. The molecule has 6 heteroatoms. The lowest BCUT2D eigenvalue weighted by Crippen LogP contribution is -2.04. The molecule has 5 aromatic carbocycles. The van der Waals surface area contributed by atoms with Gasteiger partial charge in [0.25, 0.3) is 0 Å². The van der Waals surface area contributed by atoms with E-state index in [0.717, 1.165) is 55.3 Å². The Morgan fingerprint density at radius 3 is 1.84 bits per heavy atom. The molecule has 0 aliphatic carbocycles. The first-order valence-corrected chi connectivity index (χ1v) is 14.6. The van der Waals surface area contributed by atoms with Crippen LogP contribution in [0.3, 0.4) is 0 Å². The van der Waals surface area contributed by atoms with Crippen LogP contribution in [0.25, 0.3) is 72.8 Å². The van der Waals surface area contributed by atoms with Crippen LogP contribution in [0.5, 0.6) is 0 Å². The van der Waals surface area contributed by atoms with Crippen LogP contribution in [0.1, 0.15) is 5.56 Å². The summed E-state index contributed by atoms with van der Waals surface area (Å²) in [4.78, 5) is 19.4. The number of rotatable bonds is 5. The minimum absolute atomic E-state index is 0.565. The Bertz CT molecular complexity index is 2320. The number of hydrogen-bond donors (Lipinski definition) is 0. The van der Waals surface area contributed by atoms with Crippen LogP contribution in [0.4, 0.5) is 0 Å². The van der Waals surface area contributed by atoms with E-state index in [1.807, 2.05) is 103 Å². The number of benzene rings is 5. The highest BCUT2D eigenvalue weighted by Crippen LogP contribution is 2.38. The standard InChI is InChI=1S/C39H24N6/c40-24-26-17-20-35-33(22-26)31-15-7-8-16-34(31)45(35)36-23-29(30-14-9-21-41-25-30)18-19-32(36)39-43-37(27-10-3-1-4-11-27)42-38(44-39)28-12-5-2-6-13-28/h1-23,25H. The van der Waals surface area contributed by atoms with Gasteiger partial charge < -0.3 is 4.57 Å². The van der Waals surface area contributed by atoms with Gasteiger partial charge in [-0.2, -0.15) is 5.26 Å². The van der Waals surface area contributed by atoms with Crippen LogP contribution >= 0.6 is 0 Å². The van der Waals surface area contributed by atoms with Gasteiger partial charge in [0.2, 0.25) is 0 Å². The Hall–Kier alpha value is -6.45. The predicted octanol–water partition coefficient (Wildman–Crippen LogP) is 8.90. The average Bonchev–Trinajstić information content (AvgIpc) is 3.46. The second-order valence-corrected chi connectivity index (χ2v) is 10.7. The van der Waals surface area contributed by atoms with E-state index in [-0.39, 0.29) is 0 Å². The maximum absolute atomic E-state index is 9.70. The first kappa shape index (κ1) is 26.2. The molecule has 6 nitrogen and oxygen atoms in total. The van der Waals surface area contributed by atoms with Crippen molar-refractivity contribution >= 4 is 21.8 Å². The third-order valence-corrected chi connectivity index (χ3v) is 7.98. The van der Waals surface area contributed by atoms with Gasteiger partial charge in [0, 0.05) is 45.4 Å². The molecule has 3 heterocycles. The molecule has 0 radical (unpaired) electrons. The van der Waals surface area contributed by atoms with Crippen molar-refractivity contribution in [2.45, 2.75) is 0 Å². The average molecular weight is 577 g/mol. The first-order chi connectivity index (χ1) is 22.3. The topological polar surface area (TPSA) is 80.3 Å². The molecule has 0 unspecified atom stereocenters. The van der Waals surface area contributed by atoms with Gasteiger partial charge >= 0.3 is 0 Å². The van der Waals surface area contributed by atoms with Crippen molar-refractivity contribution in [2.75, 3.05) is 0 Å². The van der Waals surface area contributed by atoms with Crippen LogP contribution in [-0.2, 0) is 0 Å². The van der Waals surface area contributed by atoms with E-state index in [0.29, 0.717) is 23.0 Å². The van der Waals surface area contributed by atoms with Crippen LogP contribution in [0.2, 0.25) is 0 Å². The molecule has 45 heavy (non-hydrogen) atoms. The fraction of sp³-hybridized carbons (Fsp3) is 0. The molecule has 0 fully saturated rings. The minimum Gasteiger partial charge on any atom is -0.308 e. The largest absolute Gasteiger partial charge is 0.308 e. The molecule has 210 valence electrons. The van der Waals surface area contributed by atoms with Crippen molar-refractivity contribution < 1.29 is 0 Å². The van der Waals surface area contributed by atoms with Crippen molar-refractivity contribution in [3.05, 3.63) is 151 Å². The molecule has 0 saturated heterocycles. The van der Waals surface area contributed by atoms with Crippen molar-refractivity contribution in [1.29, 1.82) is 5.26 Å². The predicted molar refractivity (Wildman–Crippen MR) is 178 cm³/mol. The van der Waals surface area contributed by atoms with Crippen LogP contribution in [0.15, 0.2) is 146 Å². The summed E-state index contributed by atoms with van der Waals surface area (Å²) in [5.74, 6) is 1.76. The van der Waals surface area contributed by atoms with E-state index in [4.69, 9.17) is 15.0 Å². The lowest BCUT2D eigenvalue weighted by molar-refractivity contribution is 1.06. The summed E-state index contributed by atoms with van der Waals surface area (Å²) in [6.45, 7) is 0. The summed E-state index contributed by atoms with van der Waals surface area (Å²) in [5, 5.41) is 11.8. The normalized spacial score (nSPS) is 11.1. The SMILES string of the molecule is N#Cc1ccc2c(c1)c1ccccc1n2-c1cc(-c2cccnc2)ccc1-c1nc(-c2ccccc2)nc(-c2ccccc2)n1. The van der Waals surface area contributed by atoms with Crippen LogP contribution < -0.4 is 0 Å². The minimum atomic E-state index is 0.565. The third-order valence-electron chi connectivity index (χ3n) is 7.98. The number of hydrogen-bond acceptors (Lipinski definition) is 5. The Kier molecular flexibility index (Phi) is 6.40. The zero-order valence-electron chi connectivity index (χ0n) is 24.0. The van der Waals surface area contributed by atoms with E-state index in [1.165, 1.54) is 0 Å². The van der Waals surface area contributed by atoms with Crippen LogP contribution in [-0.4, -0.2) is 24.5 Å². The summed E-state index contributed by atoms with van der Waals surface area (Å²) >= 11 is 0. The summed E-state index contributed by atoms with van der Waals surface area (Å²) in [7, 11) is 0. The molecule has 8 aromatic rings. The monoisotopic (exact) mass is 576 g/mol. The third kappa shape index (κ3) is 4.69. The Morgan fingerprint density at radius 2 is 1.16 bits per heavy atom. The highest BCUT2D eigenvalue weighted by molar-refractivity contribution is 6.10.